The molecule has 7 heteroatoms. The maximum atomic E-state index is 6.03. The molecule has 0 aromatic carbocycles. The summed E-state index contributed by atoms with van der Waals surface area (Å²) in [6.45, 7) is 4.10. The molecule has 0 saturated carbocycles. The number of nitrogens with zero attached hydrogens (tertiary/aromatic N) is 2. The maximum absolute atomic E-state index is 6.03. The third kappa shape index (κ3) is 2.99. The molecule has 114 valence electrons. The molecule has 5 nitrogen and oxygen atoms in total. The van der Waals surface area contributed by atoms with Crippen molar-refractivity contribution in [1.29, 1.82) is 0 Å². The summed E-state index contributed by atoms with van der Waals surface area (Å²) in [7, 11) is 1.72. The van der Waals surface area contributed by atoms with Gasteiger partial charge in [-0.15, -0.1) is 11.3 Å². The van der Waals surface area contributed by atoms with Crippen molar-refractivity contribution in [2.45, 2.75) is 25.4 Å². The zero-order chi connectivity index (χ0) is 14.9. The molecule has 3 rings (SSSR count). The summed E-state index contributed by atoms with van der Waals surface area (Å²) in [4.78, 5) is 10.8. The summed E-state index contributed by atoms with van der Waals surface area (Å²) in [6.07, 6.45) is 1.86. The van der Waals surface area contributed by atoms with Gasteiger partial charge < -0.3 is 14.8 Å². The van der Waals surface area contributed by atoms with E-state index >= 15 is 0 Å². The number of aryl methyl sites for hydroxylation is 1. The first-order valence-electron chi connectivity index (χ1n) is 6.98. The molecule has 0 radical (unpaired) electrons. The Bertz CT molecular complexity index is 640. The summed E-state index contributed by atoms with van der Waals surface area (Å²) in [5.41, 5.74) is -0.284. The second-order valence-corrected chi connectivity index (χ2v) is 6.62. The second-order valence-electron chi connectivity index (χ2n) is 5.17. The highest BCUT2D eigenvalue weighted by atomic mass is 35.5. The minimum absolute atomic E-state index is 0.267. The van der Waals surface area contributed by atoms with Crippen LogP contribution < -0.4 is 5.32 Å². The van der Waals surface area contributed by atoms with E-state index < -0.39 is 0 Å². The molecule has 0 aliphatic carbocycles. The molecule has 2 aromatic heterocycles. The number of ether oxygens (including phenoxy) is 2. The van der Waals surface area contributed by atoms with E-state index in [0.29, 0.717) is 13.2 Å². The van der Waals surface area contributed by atoms with E-state index in [4.69, 9.17) is 21.1 Å². The van der Waals surface area contributed by atoms with Gasteiger partial charge in [-0.25, -0.2) is 9.97 Å². The van der Waals surface area contributed by atoms with Crippen LogP contribution in [0.1, 0.15) is 18.2 Å². The van der Waals surface area contributed by atoms with E-state index in [9.17, 15) is 0 Å². The van der Waals surface area contributed by atoms with E-state index in [0.717, 1.165) is 35.5 Å². The third-order valence-electron chi connectivity index (χ3n) is 3.84. The van der Waals surface area contributed by atoms with Gasteiger partial charge >= 0.3 is 0 Å². The first-order valence-corrected chi connectivity index (χ1v) is 8.18. The van der Waals surface area contributed by atoms with Crippen LogP contribution in [0.25, 0.3) is 10.2 Å². The molecule has 1 saturated heterocycles. The Morgan fingerprint density at radius 3 is 3.05 bits per heavy atom. The molecule has 1 fully saturated rings. The molecule has 3 heterocycles. The lowest BCUT2D eigenvalue weighted by Crippen LogP contribution is -2.39. The topological polar surface area (TPSA) is 56.3 Å². The SMILES string of the molecule is CCc1cc2c(NCC3(OC)CCOC3)nc(Cl)nc2s1. The highest BCUT2D eigenvalue weighted by Gasteiger charge is 2.35. The van der Waals surface area contributed by atoms with Crippen LogP contribution in [0.5, 0.6) is 0 Å². The van der Waals surface area contributed by atoms with Gasteiger partial charge in [-0.05, 0) is 24.1 Å². The highest BCUT2D eigenvalue weighted by Crippen LogP contribution is 2.31. The standard InChI is InChI=1S/C14H18ClN3O2S/c1-3-9-6-10-11(17-13(15)18-12(10)21-9)16-7-14(19-2)4-5-20-8-14/h6H,3-5,7-8H2,1-2H3,(H,16,17,18). The predicted molar refractivity (Wildman–Crippen MR) is 85.5 cm³/mol. The largest absolute Gasteiger partial charge is 0.378 e. The van der Waals surface area contributed by atoms with Gasteiger partial charge in [0.2, 0.25) is 5.28 Å². The number of methoxy groups -OCH3 is 1. The lowest BCUT2D eigenvalue weighted by Gasteiger charge is -2.26. The Labute approximate surface area is 132 Å². The minimum atomic E-state index is -0.284. The van der Waals surface area contributed by atoms with Crippen LogP contribution in [0.2, 0.25) is 5.28 Å². The molecule has 1 atom stereocenters. The number of hydrogen-bond donors (Lipinski definition) is 1. The van der Waals surface area contributed by atoms with Gasteiger partial charge in [-0.1, -0.05) is 6.92 Å². The monoisotopic (exact) mass is 327 g/mol. The first-order chi connectivity index (χ1) is 10.2. The maximum Gasteiger partial charge on any atom is 0.225 e. The van der Waals surface area contributed by atoms with Crippen LogP contribution in [-0.2, 0) is 15.9 Å². The Morgan fingerprint density at radius 1 is 1.52 bits per heavy atom. The molecular weight excluding hydrogens is 310 g/mol. The zero-order valence-corrected chi connectivity index (χ0v) is 13.7. The van der Waals surface area contributed by atoms with E-state index in [1.54, 1.807) is 18.4 Å². The van der Waals surface area contributed by atoms with Gasteiger partial charge in [0.25, 0.3) is 0 Å². The molecule has 0 bridgehead atoms. The molecule has 1 N–H and O–H groups in total. The fraction of sp³-hybridized carbons (Fsp3) is 0.571. The van der Waals surface area contributed by atoms with E-state index in [1.165, 1.54) is 4.88 Å². The van der Waals surface area contributed by atoms with Gasteiger partial charge in [0.1, 0.15) is 16.2 Å². The smallest absolute Gasteiger partial charge is 0.225 e. The number of rotatable bonds is 5. The lowest BCUT2D eigenvalue weighted by molar-refractivity contribution is -0.00623. The quantitative estimate of drug-likeness (QED) is 0.855. The van der Waals surface area contributed by atoms with Gasteiger partial charge in [-0.2, -0.15) is 0 Å². The molecule has 1 unspecified atom stereocenters. The number of thiophene rings is 1. The fourth-order valence-corrected chi connectivity index (χ4v) is 3.65. The number of nitrogens with one attached hydrogen (secondary N) is 1. The Hall–Kier alpha value is -0.950. The van der Waals surface area contributed by atoms with Crippen LogP contribution >= 0.6 is 22.9 Å². The normalized spacial score (nSPS) is 22.0. The Balaban J connectivity index is 1.87. The van der Waals surface area contributed by atoms with Crippen molar-refractivity contribution in [1.82, 2.24) is 9.97 Å². The minimum Gasteiger partial charge on any atom is -0.378 e. The zero-order valence-electron chi connectivity index (χ0n) is 12.1. The molecule has 1 aliphatic rings. The average molecular weight is 328 g/mol. The number of aromatic nitrogens is 2. The summed E-state index contributed by atoms with van der Waals surface area (Å²) < 4.78 is 11.1. The Morgan fingerprint density at radius 2 is 2.38 bits per heavy atom. The summed E-state index contributed by atoms with van der Waals surface area (Å²) >= 11 is 7.69. The second kappa shape index (κ2) is 6.04. The first kappa shape index (κ1) is 15.0. The van der Waals surface area contributed by atoms with Crippen LogP contribution in [0, 0.1) is 0 Å². The van der Waals surface area contributed by atoms with Crippen molar-refractivity contribution < 1.29 is 9.47 Å². The average Bonchev–Trinajstić information content (AvgIpc) is 3.11. The van der Waals surface area contributed by atoms with Crippen molar-refractivity contribution in [2.75, 3.05) is 32.2 Å². The lowest BCUT2D eigenvalue weighted by atomic mass is 10.0. The van der Waals surface area contributed by atoms with Crippen molar-refractivity contribution in [3.05, 3.63) is 16.2 Å². The van der Waals surface area contributed by atoms with Crippen LogP contribution in [0.3, 0.4) is 0 Å². The molecule has 1 aliphatic heterocycles. The van der Waals surface area contributed by atoms with E-state index in [-0.39, 0.29) is 10.9 Å². The molecule has 21 heavy (non-hydrogen) atoms. The van der Waals surface area contributed by atoms with Crippen molar-refractivity contribution in [3.63, 3.8) is 0 Å². The summed E-state index contributed by atoms with van der Waals surface area (Å²) in [5.74, 6) is 0.768. The highest BCUT2D eigenvalue weighted by molar-refractivity contribution is 7.18. The van der Waals surface area contributed by atoms with Gasteiger partial charge in [0.15, 0.2) is 0 Å². The van der Waals surface area contributed by atoms with Gasteiger partial charge in [0, 0.05) is 31.6 Å². The van der Waals surface area contributed by atoms with Crippen molar-refractivity contribution >= 4 is 39.0 Å². The van der Waals surface area contributed by atoms with Crippen molar-refractivity contribution in [3.8, 4) is 0 Å². The molecular formula is C14H18ClN3O2S. The summed E-state index contributed by atoms with van der Waals surface area (Å²) in [6, 6.07) is 2.13. The van der Waals surface area contributed by atoms with E-state index in [2.05, 4.69) is 28.3 Å². The summed E-state index contributed by atoms with van der Waals surface area (Å²) in [5, 5.41) is 4.65. The van der Waals surface area contributed by atoms with Crippen LogP contribution in [-0.4, -0.2) is 42.4 Å². The molecule has 0 amide bonds. The van der Waals surface area contributed by atoms with Crippen molar-refractivity contribution in [2.24, 2.45) is 0 Å². The molecule has 2 aromatic rings. The number of hydrogen-bond acceptors (Lipinski definition) is 6. The Kier molecular flexibility index (Phi) is 4.31. The number of fused-ring (bicyclic) bond motifs is 1. The number of anilines is 1. The van der Waals surface area contributed by atoms with Crippen LogP contribution in [0.4, 0.5) is 5.82 Å². The third-order valence-corrected chi connectivity index (χ3v) is 5.19. The van der Waals surface area contributed by atoms with Gasteiger partial charge in [-0.3, -0.25) is 0 Å². The molecule has 0 spiro atoms. The van der Waals surface area contributed by atoms with Gasteiger partial charge in [0.05, 0.1) is 12.0 Å². The van der Waals surface area contributed by atoms with Crippen LogP contribution in [0.15, 0.2) is 6.07 Å². The predicted octanol–water partition coefficient (Wildman–Crippen LogP) is 3.12. The fourth-order valence-electron chi connectivity index (χ4n) is 2.46. The number of halogens is 1. The van der Waals surface area contributed by atoms with E-state index in [1.807, 2.05) is 0 Å².